The molecule has 0 aliphatic carbocycles. The zero-order valence-corrected chi connectivity index (χ0v) is 14.5. The Balaban J connectivity index is 1.66. The van der Waals surface area contributed by atoms with E-state index in [2.05, 4.69) is 31.5 Å². The smallest absolute Gasteiger partial charge is 0.321 e. The Labute approximate surface area is 148 Å². The highest BCUT2D eigenvalue weighted by Gasteiger charge is 2.17. The molecule has 124 valence electrons. The van der Waals surface area contributed by atoms with Crippen LogP contribution in [0.1, 0.15) is 23.2 Å². The quantitative estimate of drug-likeness (QED) is 0.840. The van der Waals surface area contributed by atoms with Crippen LogP contribution < -0.4 is 10.6 Å². The van der Waals surface area contributed by atoms with Crippen molar-refractivity contribution in [2.24, 2.45) is 0 Å². The average Bonchev–Trinajstić information content (AvgIpc) is 3.10. The number of benzene rings is 1. The van der Waals surface area contributed by atoms with Crippen molar-refractivity contribution in [2.75, 3.05) is 23.7 Å². The number of rotatable bonds is 3. The highest BCUT2D eigenvalue weighted by Crippen LogP contribution is 2.18. The molecule has 0 radical (unpaired) electrons. The molecule has 1 saturated heterocycles. The number of halogens is 1. The topological polar surface area (TPSA) is 74.3 Å². The molecule has 2 heterocycles. The lowest BCUT2D eigenvalue weighted by Crippen LogP contribution is -2.32. The van der Waals surface area contributed by atoms with Crippen molar-refractivity contribution < 1.29 is 9.59 Å². The van der Waals surface area contributed by atoms with Gasteiger partial charge in [0.2, 0.25) is 0 Å². The van der Waals surface area contributed by atoms with Gasteiger partial charge in [-0.2, -0.15) is 0 Å². The highest BCUT2D eigenvalue weighted by molar-refractivity contribution is 9.10. The number of nitrogens with one attached hydrogen (secondary N) is 2. The van der Waals surface area contributed by atoms with Gasteiger partial charge in [0.25, 0.3) is 5.91 Å². The third kappa shape index (κ3) is 4.11. The number of hydrogen-bond acceptors (Lipinski definition) is 3. The van der Waals surface area contributed by atoms with Crippen LogP contribution in [0.25, 0.3) is 0 Å². The highest BCUT2D eigenvalue weighted by atomic mass is 79.9. The van der Waals surface area contributed by atoms with E-state index in [1.54, 1.807) is 41.4 Å². The van der Waals surface area contributed by atoms with Crippen molar-refractivity contribution in [1.82, 2.24) is 9.88 Å². The Morgan fingerprint density at radius 2 is 1.75 bits per heavy atom. The van der Waals surface area contributed by atoms with Gasteiger partial charge in [-0.25, -0.2) is 4.79 Å². The van der Waals surface area contributed by atoms with Crippen LogP contribution in [0.4, 0.5) is 16.2 Å². The van der Waals surface area contributed by atoms with E-state index < -0.39 is 0 Å². The molecule has 6 nitrogen and oxygen atoms in total. The SMILES string of the molecule is O=C(Nc1cccc(NC(=O)N2CCCC2)c1)c1cncc(Br)c1. The van der Waals surface area contributed by atoms with Crippen molar-refractivity contribution in [3.05, 3.63) is 52.8 Å². The normalized spacial score (nSPS) is 13.6. The number of amides is 3. The maximum absolute atomic E-state index is 12.2. The van der Waals surface area contributed by atoms with E-state index in [-0.39, 0.29) is 11.9 Å². The number of hydrogen-bond donors (Lipinski definition) is 2. The Hall–Kier alpha value is -2.41. The van der Waals surface area contributed by atoms with E-state index in [0.29, 0.717) is 16.9 Å². The van der Waals surface area contributed by atoms with Crippen LogP contribution >= 0.6 is 15.9 Å². The second-order valence-electron chi connectivity index (χ2n) is 5.55. The average molecular weight is 389 g/mol. The summed E-state index contributed by atoms with van der Waals surface area (Å²) in [4.78, 5) is 30.1. The van der Waals surface area contributed by atoms with Crippen LogP contribution in [0.2, 0.25) is 0 Å². The lowest BCUT2D eigenvalue weighted by molar-refractivity contribution is 0.102. The summed E-state index contributed by atoms with van der Waals surface area (Å²) in [5, 5.41) is 5.67. The second kappa shape index (κ2) is 7.44. The van der Waals surface area contributed by atoms with Gasteiger partial charge in [-0.1, -0.05) is 6.07 Å². The molecule has 3 amide bonds. The van der Waals surface area contributed by atoms with Crippen molar-refractivity contribution in [3.63, 3.8) is 0 Å². The maximum Gasteiger partial charge on any atom is 0.321 e. The molecule has 0 unspecified atom stereocenters. The minimum absolute atomic E-state index is 0.104. The lowest BCUT2D eigenvalue weighted by Gasteiger charge is -2.16. The van der Waals surface area contributed by atoms with Crippen LogP contribution in [-0.2, 0) is 0 Å². The first-order valence-corrected chi connectivity index (χ1v) is 8.49. The molecule has 1 fully saturated rings. The molecule has 0 saturated carbocycles. The number of aromatic nitrogens is 1. The first-order valence-electron chi connectivity index (χ1n) is 7.70. The molecule has 24 heavy (non-hydrogen) atoms. The molecule has 2 aromatic rings. The summed E-state index contributed by atoms with van der Waals surface area (Å²) < 4.78 is 0.738. The summed E-state index contributed by atoms with van der Waals surface area (Å²) in [7, 11) is 0. The monoisotopic (exact) mass is 388 g/mol. The number of carbonyl (C=O) groups is 2. The first kappa shape index (κ1) is 16.4. The van der Waals surface area contributed by atoms with Gasteiger partial charge in [0.15, 0.2) is 0 Å². The van der Waals surface area contributed by atoms with Crippen molar-refractivity contribution in [1.29, 1.82) is 0 Å². The van der Waals surface area contributed by atoms with Crippen molar-refractivity contribution in [2.45, 2.75) is 12.8 Å². The van der Waals surface area contributed by atoms with Gasteiger partial charge in [-0.3, -0.25) is 9.78 Å². The largest absolute Gasteiger partial charge is 0.325 e. The standard InChI is InChI=1S/C17H17BrN4O2/c18-13-8-12(10-19-11-13)16(23)20-14-4-3-5-15(9-14)21-17(24)22-6-1-2-7-22/h3-5,8-11H,1-2,6-7H2,(H,20,23)(H,21,24). The zero-order valence-electron chi connectivity index (χ0n) is 13.0. The molecule has 1 aliphatic heterocycles. The summed E-state index contributed by atoms with van der Waals surface area (Å²) >= 11 is 3.29. The minimum atomic E-state index is -0.258. The third-order valence-electron chi connectivity index (χ3n) is 3.73. The summed E-state index contributed by atoms with van der Waals surface area (Å²) in [5.74, 6) is -0.258. The molecule has 1 aromatic carbocycles. The van der Waals surface area contributed by atoms with E-state index in [9.17, 15) is 9.59 Å². The van der Waals surface area contributed by atoms with Crippen molar-refractivity contribution in [3.8, 4) is 0 Å². The number of likely N-dealkylation sites (tertiary alicyclic amines) is 1. The predicted molar refractivity (Wildman–Crippen MR) is 96.2 cm³/mol. The predicted octanol–water partition coefficient (Wildman–Crippen LogP) is 3.72. The van der Waals surface area contributed by atoms with Crippen LogP contribution in [-0.4, -0.2) is 34.9 Å². The fourth-order valence-electron chi connectivity index (χ4n) is 2.54. The Bertz CT molecular complexity index is 760. The summed E-state index contributed by atoms with van der Waals surface area (Å²) in [6, 6.07) is 8.68. The Kier molecular flexibility index (Phi) is 5.10. The van der Waals surface area contributed by atoms with Crippen LogP contribution in [0, 0.1) is 0 Å². The second-order valence-corrected chi connectivity index (χ2v) is 6.47. The molecule has 2 N–H and O–H groups in total. The van der Waals surface area contributed by atoms with Crippen LogP contribution in [0.15, 0.2) is 47.2 Å². The van der Waals surface area contributed by atoms with Gasteiger partial charge in [-0.05, 0) is 53.0 Å². The Morgan fingerprint density at radius 3 is 2.46 bits per heavy atom. The van der Waals surface area contributed by atoms with Gasteiger partial charge in [0.1, 0.15) is 0 Å². The van der Waals surface area contributed by atoms with Gasteiger partial charge < -0.3 is 15.5 Å². The van der Waals surface area contributed by atoms with Crippen LogP contribution in [0.3, 0.4) is 0 Å². The van der Waals surface area contributed by atoms with Gasteiger partial charge in [0, 0.05) is 41.3 Å². The Morgan fingerprint density at radius 1 is 1.04 bits per heavy atom. The number of anilines is 2. The maximum atomic E-state index is 12.2. The zero-order chi connectivity index (χ0) is 16.9. The molecular weight excluding hydrogens is 372 g/mol. The van der Waals surface area contributed by atoms with Gasteiger partial charge >= 0.3 is 6.03 Å². The van der Waals surface area contributed by atoms with Gasteiger partial charge in [0.05, 0.1) is 5.56 Å². The van der Waals surface area contributed by atoms with E-state index >= 15 is 0 Å². The number of urea groups is 1. The number of pyridine rings is 1. The third-order valence-corrected chi connectivity index (χ3v) is 4.17. The van der Waals surface area contributed by atoms with E-state index in [1.807, 2.05) is 0 Å². The fraction of sp³-hybridized carbons (Fsp3) is 0.235. The molecular formula is C17H17BrN4O2. The molecule has 3 rings (SSSR count). The van der Waals surface area contributed by atoms with Gasteiger partial charge in [-0.15, -0.1) is 0 Å². The summed E-state index contributed by atoms with van der Waals surface area (Å²) in [5.41, 5.74) is 1.71. The lowest BCUT2D eigenvalue weighted by atomic mass is 10.2. The summed E-state index contributed by atoms with van der Waals surface area (Å²) in [6.07, 6.45) is 5.21. The molecule has 7 heteroatoms. The molecule has 0 atom stereocenters. The number of carbonyl (C=O) groups excluding carboxylic acids is 2. The molecule has 1 aromatic heterocycles. The van der Waals surface area contributed by atoms with E-state index in [0.717, 1.165) is 30.4 Å². The van der Waals surface area contributed by atoms with Crippen LogP contribution in [0.5, 0.6) is 0 Å². The molecule has 1 aliphatic rings. The summed E-state index contributed by atoms with van der Waals surface area (Å²) in [6.45, 7) is 1.58. The van der Waals surface area contributed by atoms with E-state index in [1.165, 1.54) is 6.20 Å². The minimum Gasteiger partial charge on any atom is -0.325 e. The first-order chi connectivity index (χ1) is 11.6. The number of nitrogens with zero attached hydrogens (tertiary/aromatic N) is 2. The van der Waals surface area contributed by atoms with E-state index in [4.69, 9.17) is 0 Å². The molecule has 0 spiro atoms. The molecule has 0 bridgehead atoms. The fourth-order valence-corrected chi connectivity index (χ4v) is 2.90. The van der Waals surface area contributed by atoms with Crippen molar-refractivity contribution >= 4 is 39.2 Å².